The number of hydrogen-bond acceptors (Lipinski definition) is 6. The number of aromatic nitrogens is 2. The van der Waals surface area contributed by atoms with E-state index in [0.717, 1.165) is 0 Å². The molecule has 0 atom stereocenters. The molecule has 1 N–H and O–H groups in total. The Morgan fingerprint density at radius 2 is 1.48 bits per heavy atom. The van der Waals surface area contributed by atoms with Gasteiger partial charge in [0.25, 0.3) is 0 Å². The number of benzene rings is 1. The van der Waals surface area contributed by atoms with E-state index in [1.807, 2.05) is 0 Å². The van der Waals surface area contributed by atoms with Gasteiger partial charge in [-0.25, -0.2) is 16.8 Å². The number of anilines is 1. The lowest BCUT2D eigenvalue weighted by molar-refractivity contribution is -0.114. The summed E-state index contributed by atoms with van der Waals surface area (Å²) in [7, 11) is -5.87. The number of nitrogens with zero attached hydrogens (tertiary/aromatic N) is 4. The lowest BCUT2D eigenvalue weighted by Crippen LogP contribution is -2.37. The van der Waals surface area contributed by atoms with Gasteiger partial charge in [0, 0.05) is 52.0 Å². The second-order valence-electron chi connectivity index (χ2n) is 6.72. The highest BCUT2D eigenvalue weighted by molar-refractivity contribution is 7.89. The third-order valence-corrected chi connectivity index (χ3v) is 8.31. The molecule has 3 rings (SSSR count). The summed E-state index contributed by atoms with van der Waals surface area (Å²) in [6.45, 7) is 1.92. The van der Waals surface area contributed by atoms with Crippen molar-refractivity contribution in [1.82, 2.24) is 18.4 Å². The van der Waals surface area contributed by atoms with Crippen molar-refractivity contribution in [2.45, 2.75) is 23.1 Å². The standard InChI is InChI=1S/C17H23N5O5S2/c1-14(23)19-15-4-6-16(7-5-15)28(24,25)21-8-3-9-22(11-10-21)29(26,27)17-12-18-20(2)13-17/h4-7,12-13H,3,8-11H2,1-2H3,(H,19,23). The molecule has 0 radical (unpaired) electrons. The summed E-state index contributed by atoms with van der Waals surface area (Å²) in [6.07, 6.45) is 3.08. The van der Waals surface area contributed by atoms with Gasteiger partial charge in [-0.2, -0.15) is 13.7 Å². The maximum atomic E-state index is 13.0. The van der Waals surface area contributed by atoms with E-state index >= 15 is 0 Å². The molecule has 0 bridgehead atoms. The highest BCUT2D eigenvalue weighted by atomic mass is 32.2. The van der Waals surface area contributed by atoms with E-state index in [9.17, 15) is 21.6 Å². The van der Waals surface area contributed by atoms with Crippen molar-refractivity contribution in [3.63, 3.8) is 0 Å². The largest absolute Gasteiger partial charge is 0.326 e. The summed E-state index contributed by atoms with van der Waals surface area (Å²) >= 11 is 0. The lowest BCUT2D eigenvalue weighted by Gasteiger charge is -2.21. The normalized spacial score (nSPS) is 17.0. The first-order valence-electron chi connectivity index (χ1n) is 8.97. The Kier molecular flexibility index (Phi) is 6.08. The minimum absolute atomic E-state index is 0.0509. The van der Waals surface area contributed by atoms with Crippen molar-refractivity contribution >= 4 is 31.6 Å². The number of carbonyl (C=O) groups is 1. The average molecular weight is 442 g/mol. The van der Waals surface area contributed by atoms with E-state index in [1.165, 1.54) is 56.9 Å². The van der Waals surface area contributed by atoms with Crippen LogP contribution in [0.3, 0.4) is 0 Å². The molecule has 10 nitrogen and oxygen atoms in total. The second-order valence-corrected chi connectivity index (χ2v) is 10.6. The van der Waals surface area contributed by atoms with Crippen molar-refractivity contribution in [1.29, 1.82) is 0 Å². The maximum Gasteiger partial charge on any atom is 0.246 e. The molecular formula is C17H23N5O5S2. The number of sulfonamides is 2. The van der Waals surface area contributed by atoms with Crippen LogP contribution in [-0.2, 0) is 31.9 Å². The molecule has 0 aliphatic carbocycles. The number of rotatable bonds is 5. The molecule has 1 aromatic carbocycles. The topological polar surface area (TPSA) is 122 Å². The van der Waals surface area contributed by atoms with Crippen LogP contribution in [0.15, 0.2) is 46.5 Å². The molecule has 12 heteroatoms. The lowest BCUT2D eigenvalue weighted by atomic mass is 10.3. The molecule has 2 aromatic rings. The van der Waals surface area contributed by atoms with E-state index in [-0.39, 0.29) is 41.9 Å². The third kappa shape index (κ3) is 4.66. The Labute approximate surface area is 170 Å². The molecular weight excluding hydrogens is 418 g/mol. The van der Waals surface area contributed by atoms with Crippen molar-refractivity contribution in [3.05, 3.63) is 36.7 Å². The monoisotopic (exact) mass is 441 g/mol. The number of hydrogen-bond donors (Lipinski definition) is 1. The van der Waals surface area contributed by atoms with Crippen LogP contribution in [-0.4, -0.2) is 67.3 Å². The zero-order chi connectivity index (χ0) is 21.2. The Morgan fingerprint density at radius 3 is 1.97 bits per heavy atom. The van der Waals surface area contributed by atoms with Crippen LogP contribution in [0, 0.1) is 0 Å². The summed E-state index contributed by atoms with van der Waals surface area (Å²) in [4.78, 5) is 11.3. The van der Waals surface area contributed by atoms with Crippen LogP contribution in [0.4, 0.5) is 5.69 Å². The van der Waals surface area contributed by atoms with Crippen LogP contribution in [0.1, 0.15) is 13.3 Å². The molecule has 29 heavy (non-hydrogen) atoms. The Morgan fingerprint density at radius 1 is 0.931 bits per heavy atom. The summed E-state index contributed by atoms with van der Waals surface area (Å²) in [5, 5.41) is 6.48. The molecule has 1 aromatic heterocycles. The molecule has 158 valence electrons. The number of aryl methyl sites for hydroxylation is 1. The van der Waals surface area contributed by atoms with Crippen molar-refractivity contribution < 1.29 is 21.6 Å². The average Bonchev–Trinajstić information content (AvgIpc) is 2.94. The molecule has 1 amide bonds. The second kappa shape index (κ2) is 8.22. The van der Waals surface area contributed by atoms with Gasteiger partial charge in [0.1, 0.15) is 4.90 Å². The van der Waals surface area contributed by atoms with E-state index in [4.69, 9.17) is 0 Å². The minimum Gasteiger partial charge on any atom is -0.326 e. The SMILES string of the molecule is CC(=O)Nc1ccc(S(=O)(=O)N2CCCN(S(=O)(=O)c3cnn(C)c3)CC2)cc1. The van der Waals surface area contributed by atoms with E-state index in [0.29, 0.717) is 12.1 Å². The first-order chi connectivity index (χ1) is 13.6. The Bertz CT molecular complexity index is 1090. The predicted molar refractivity (Wildman–Crippen MR) is 106 cm³/mol. The van der Waals surface area contributed by atoms with Gasteiger partial charge in [-0.1, -0.05) is 0 Å². The van der Waals surface area contributed by atoms with Gasteiger partial charge in [0.2, 0.25) is 26.0 Å². The van der Waals surface area contributed by atoms with Crippen molar-refractivity contribution in [2.24, 2.45) is 7.05 Å². The van der Waals surface area contributed by atoms with Crippen molar-refractivity contribution in [2.75, 3.05) is 31.5 Å². The molecule has 1 aliphatic rings. The van der Waals surface area contributed by atoms with Gasteiger partial charge in [-0.3, -0.25) is 9.48 Å². The molecule has 1 fully saturated rings. The van der Waals surface area contributed by atoms with Crippen LogP contribution in [0.5, 0.6) is 0 Å². The molecule has 0 unspecified atom stereocenters. The van der Waals surface area contributed by atoms with Crippen LogP contribution in [0.2, 0.25) is 0 Å². The first kappa shape index (κ1) is 21.4. The van der Waals surface area contributed by atoms with Gasteiger partial charge >= 0.3 is 0 Å². The highest BCUT2D eigenvalue weighted by Gasteiger charge is 2.32. The van der Waals surface area contributed by atoms with E-state index in [2.05, 4.69) is 10.4 Å². The van der Waals surface area contributed by atoms with Crippen molar-refractivity contribution in [3.8, 4) is 0 Å². The molecule has 1 aliphatic heterocycles. The smallest absolute Gasteiger partial charge is 0.246 e. The third-order valence-electron chi connectivity index (χ3n) is 4.55. The van der Waals surface area contributed by atoms with Crippen LogP contribution in [0.25, 0.3) is 0 Å². The minimum atomic E-state index is -3.78. The van der Waals surface area contributed by atoms with Gasteiger partial charge in [0.05, 0.1) is 11.1 Å². The number of carbonyl (C=O) groups excluding carboxylic acids is 1. The summed E-state index contributed by atoms with van der Waals surface area (Å²) < 4.78 is 55.5. The number of nitrogens with one attached hydrogen (secondary N) is 1. The zero-order valence-electron chi connectivity index (χ0n) is 16.1. The van der Waals surface area contributed by atoms with Gasteiger partial charge in [0.15, 0.2) is 0 Å². The van der Waals surface area contributed by atoms with E-state index < -0.39 is 20.0 Å². The fraction of sp³-hybridized carbons (Fsp3) is 0.412. The van der Waals surface area contributed by atoms with Gasteiger partial charge in [-0.05, 0) is 30.7 Å². The molecule has 0 saturated carbocycles. The fourth-order valence-electron chi connectivity index (χ4n) is 3.09. The summed E-state index contributed by atoms with van der Waals surface area (Å²) in [5.74, 6) is -0.247. The molecule has 2 heterocycles. The molecule has 1 saturated heterocycles. The molecule has 0 spiro atoms. The zero-order valence-corrected chi connectivity index (χ0v) is 17.8. The summed E-state index contributed by atoms with van der Waals surface area (Å²) in [5.41, 5.74) is 0.501. The van der Waals surface area contributed by atoms with Gasteiger partial charge < -0.3 is 5.32 Å². The first-order valence-corrected chi connectivity index (χ1v) is 11.9. The summed E-state index contributed by atoms with van der Waals surface area (Å²) in [6, 6.07) is 5.89. The van der Waals surface area contributed by atoms with E-state index in [1.54, 1.807) is 7.05 Å². The Hall–Kier alpha value is -2.28. The number of amides is 1. The van der Waals surface area contributed by atoms with Gasteiger partial charge in [-0.15, -0.1) is 0 Å². The Balaban J connectivity index is 1.75. The quantitative estimate of drug-likeness (QED) is 0.720. The predicted octanol–water partition coefficient (Wildman–Crippen LogP) is 0.464. The fourth-order valence-corrected chi connectivity index (χ4v) is 6.02. The van der Waals surface area contributed by atoms with Crippen LogP contribution < -0.4 is 5.32 Å². The maximum absolute atomic E-state index is 13.0. The highest BCUT2D eigenvalue weighted by Crippen LogP contribution is 2.22. The van der Waals surface area contributed by atoms with Crippen LogP contribution >= 0.6 is 0 Å².